The molecule has 1 heterocycles. The third-order valence-electron chi connectivity index (χ3n) is 4.36. The van der Waals surface area contributed by atoms with Crippen LogP contribution in [0.3, 0.4) is 0 Å². The first-order valence-corrected chi connectivity index (χ1v) is 8.87. The minimum absolute atomic E-state index is 0.252. The molecule has 1 atom stereocenters. The molecule has 136 valence electrons. The van der Waals surface area contributed by atoms with Crippen molar-refractivity contribution in [2.75, 3.05) is 13.1 Å². The maximum absolute atomic E-state index is 13.1. The molecule has 1 saturated heterocycles. The van der Waals surface area contributed by atoms with E-state index in [4.69, 9.17) is 0 Å². The van der Waals surface area contributed by atoms with Crippen molar-refractivity contribution in [3.8, 4) is 0 Å². The molecule has 25 heavy (non-hydrogen) atoms. The predicted octanol–water partition coefficient (Wildman–Crippen LogP) is 2.40. The molecule has 1 aliphatic rings. The SMILES string of the molecule is CCCCC1(c2ccccc2)NC(=O)N(CC(=O)NCC(C)C)C1=O. The van der Waals surface area contributed by atoms with E-state index in [-0.39, 0.29) is 18.4 Å². The van der Waals surface area contributed by atoms with Crippen molar-refractivity contribution in [2.24, 2.45) is 5.92 Å². The smallest absolute Gasteiger partial charge is 0.325 e. The zero-order valence-corrected chi connectivity index (χ0v) is 15.2. The molecule has 1 aromatic rings. The molecule has 4 amide bonds. The van der Waals surface area contributed by atoms with Crippen LogP contribution in [0, 0.1) is 5.92 Å². The lowest BCUT2D eigenvalue weighted by Crippen LogP contribution is -2.45. The number of benzene rings is 1. The van der Waals surface area contributed by atoms with Gasteiger partial charge in [-0.05, 0) is 17.9 Å². The second-order valence-corrected chi connectivity index (χ2v) is 6.89. The Hall–Kier alpha value is -2.37. The number of nitrogens with one attached hydrogen (secondary N) is 2. The molecule has 1 unspecified atom stereocenters. The molecule has 2 N–H and O–H groups in total. The Labute approximate surface area is 149 Å². The van der Waals surface area contributed by atoms with Crippen LogP contribution in [0.5, 0.6) is 0 Å². The first kappa shape index (κ1) is 19.0. The summed E-state index contributed by atoms with van der Waals surface area (Å²) in [4.78, 5) is 38.6. The summed E-state index contributed by atoms with van der Waals surface area (Å²) in [7, 11) is 0. The zero-order chi connectivity index (χ0) is 18.4. The molecule has 1 aliphatic heterocycles. The fraction of sp³-hybridized carbons (Fsp3) is 0.526. The quantitative estimate of drug-likeness (QED) is 0.710. The molecule has 0 bridgehead atoms. The average Bonchev–Trinajstić information content (AvgIpc) is 2.84. The lowest BCUT2D eigenvalue weighted by molar-refractivity contribution is -0.135. The lowest BCUT2D eigenvalue weighted by Gasteiger charge is -2.27. The van der Waals surface area contributed by atoms with E-state index < -0.39 is 11.6 Å². The van der Waals surface area contributed by atoms with Gasteiger partial charge in [-0.1, -0.05) is 63.9 Å². The molecule has 1 fully saturated rings. The van der Waals surface area contributed by atoms with Crippen LogP contribution in [0.25, 0.3) is 0 Å². The second kappa shape index (κ2) is 8.14. The largest absolute Gasteiger partial charge is 0.354 e. The fourth-order valence-corrected chi connectivity index (χ4v) is 2.96. The van der Waals surface area contributed by atoms with Gasteiger partial charge in [0.25, 0.3) is 5.91 Å². The van der Waals surface area contributed by atoms with Gasteiger partial charge in [0.1, 0.15) is 12.1 Å². The highest BCUT2D eigenvalue weighted by Gasteiger charge is 2.52. The van der Waals surface area contributed by atoms with E-state index in [0.717, 1.165) is 23.3 Å². The van der Waals surface area contributed by atoms with Crippen molar-refractivity contribution < 1.29 is 14.4 Å². The van der Waals surface area contributed by atoms with Crippen LogP contribution in [0.4, 0.5) is 4.79 Å². The first-order chi connectivity index (χ1) is 11.9. The van der Waals surface area contributed by atoms with Crippen LogP contribution in [0.15, 0.2) is 30.3 Å². The monoisotopic (exact) mass is 345 g/mol. The Bertz CT molecular complexity index is 630. The number of hydrogen-bond acceptors (Lipinski definition) is 3. The summed E-state index contributed by atoms with van der Waals surface area (Å²) in [5.41, 5.74) is -0.320. The van der Waals surface area contributed by atoms with Gasteiger partial charge in [-0.25, -0.2) is 4.79 Å². The Morgan fingerprint density at radius 1 is 1.24 bits per heavy atom. The van der Waals surface area contributed by atoms with E-state index in [9.17, 15) is 14.4 Å². The first-order valence-electron chi connectivity index (χ1n) is 8.87. The average molecular weight is 345 g/mol. The molecule has 6 heteroatoms. The van der Waals surface area contributed by atoms with Crippen molar-refractivity contribution in [1.82, 2.24) is 15.5 Å². The Balaban J connectivity index is 2.21. The van der Waals surface area contributed by atoms with E-state index in [1.807, 2.05) is 51.1 Å². The Kier molecular flexibility index (Phi) is 6.17. The van der Waals surface area contributed by atoms with Gasteiger partial charge in [0.05, 0.1) is 0 Å². The number of carbonyl (C=O) groups excluding carboxylic acids is 3. The van der Waals surface area contributed by atoms with Crippen LogP contribution >= 0.6 is 0 Å². The van der Waals surface area contributed by atoms with Gasteiger partial charge in [0, 0.05) is 6.54 Å². The Morgan fingerprint density at radius 3 is 2.52 bits per heavy atom. The number of imide groups is 1. The molecule has 0 aromatic heterocycles. The fourth-order valence-electron chi connectivity index (χ4n) is 2.96. The Morgan fingerprint density at radius 2 is 1.92 bits per heavy atom. The van der Waals surface area contributed by atoms with Gasteiger partial charge in [-0.3, -0.25) is 14.5 Å². The summed E-state index contributed by atoms with van der Waals surface area (Å²) in [6, 6.07) is 8.74. The number of amides is 4. The number of urea groups is 1. The molecular weight excluding hydrogens is 318 g/mol. The number of rotatable bonds is 8. The van der Waals surface area contributed by atoms with Crippen molar-refractivity contribution in [2.45, 2.75) is 45.6 Å². The molecule has 0 radical (unpaired) electrons. The summed E-state index contributed by atoms with van der Waals surface area (Å²) in [6.45, 7) is 6.27. The van der Waals surface area contributed by atoms with Crippen molar-refractivity contribution in [3.63, 3.8) is 0 Å². The van der Waals surface area contributed by atoms with E-state index in [0.29, 0.717) is 18.9 Å². The molecule has 2 rings (SSSR count). The lowest BCUT2D eigenvalue weighted by atomic mass is 9.85. The molecule has 0 spiro atoms. The van der Waals surface area contributed by atoms with Gasteiger partial charge < -0.3 is 10.6 Å². The topological polar surface area (TPSA) is 78.5 Å². The number of unbranched alkanes of at least 4 members (excludes halogenated alkanes) is 1. The molecule has 1 aromatic carbocycles. The number of carbonyl (C=O) groups is 3. The van der Waals surface area contributed by atoms with Gasteiger partial charge in [-0.2, -0.15) is 0 Å². The second-order valence-electron chi connectivity index (χ2n) is 6.89. The minimum atomic E-state index is -1.08. The summed E-state index contributed by atoms with van der Waals surface area (Å²) in [5, 5.41) is 5.59. The highest BCUT2D eigenvalue weighted by atomic mass is 16.2. The van der Waals surface area contributed by atoms with Crippen molar-refractivity contribution >= 4 is 17.8 Å². The van der Waals surface area contributed by atoms with Crippen molar-refractivity contribution in [1.29, 1.82) is 0 Å². The van der Waals surface area contributed by atoms with E-state index in [1.54, 1.807) is 0 Å². The van der Waals surface area contributed by atoms with Gasteiger partial charge in [0.15, 0.2) is 0 Å². The normalized spacial score (nSPS) is 20.1. The van der Waals surface area contributed by atoms with Crippen LogP contribution < -0.4 is 10.6 Å². The van der Waals surface area contributed by atoms with Crippen LogP contribution in [-0.4, -0.2) is 35.8 Å². The number of hydrogen-bond donors (Lipinski definition) is 2. The zero-order valence-electron chi connectivity index (χ0n) is 15.2. The summed E-state index contributed by atoms with van der Waals surface area (Å²) in [5.74, 6) is -0.367. The van der Waals surface area contributed by atoms with Crippen LogP contribution in [0.1, 0.15) is 45.6 Å². The third-order valence-corrected chi connectivity index (χ3v) is 4.36. The van der Waals surface area contributed by atoms with Gasteiger partial charge in [-0.15, -0.1) is 0 Å². The highest BCUT2D eigenvalue weighted by molar-refractivity contribution is 6.09. The summed E-state index contributed by atoms with van der Waals surface area (Å²) >= 11 is 0. The number of nitrogens with zero attached hydrogens (tertiary/aromatic N) is 1. The standard InChI is InChI=1S/C19H27N3O3/c1-4-5-11-19(15-9-7-6-8-10-15)17(24)22(18(25)21-19)13-16(23)20-12-14(2)3/h6-10,14H,4-5,11-13H2,1-3H3,(H,20,23)(H,21,25). The molecule has 0 aliphatic carbocycles. The molecular formula is C19H27N3O3. The maximum atomic E-state index is 13.1. The minimum Gasteiger partial charge on any atom is -0.354 e. The van der Waals surface area contributed by atoms with E-state index in [1.165, 1.54) is 0 Å². The van der Waals surface area contributed by atoms with E-state index >= 15 is 0 Å². The molecule has 6 nitrogen and oxygen atoms in total. The van der Waals surface area contributed by atoms with Crippen LogP contribution in [-0.2, 0) is 15.1 Å². The van der Waals surface area contributed by atoms with E-state index in [2.05, 4.69) is 10.6 Å². The van der Waals surface area contributed by atoms with Crippen molar-refractivity contribution in [3.05, 3.63) is 35.9 Å². The van der Waals surface area contributed by atoms with Crippen LogP contribution in [0.2, 0.25) is 0 Å². The summed E-state index contributed by atoms with van der Waals surface area (Å²) in [6.07, 6.45) is 2.23. The van der Waals surface area contributed by atoms with Gasteiger partial charge in [0.2, 0.25) is 5.91 Å². The maximum Gasteiger partial charge on any atom is 0.325 e. The third kappa shape index (κ3) is 4.18. The van der Waals surface area contributed by atoms with Gasteiger partial charge >= 0.3 is 6.03 Å². The highest BCUT2D eigenvalue weighted by Crippen LogP contribution is 2.34. The predicted molar refractivity (Wildman–Crippen MR) is 95.7 cm³/mol. The molecule has 0 saturated carbocycles. The summed E-state index contributed by atoms with van der Waals surface area (Å²) < 4.78 is 0.